The molecule has 0 N–H and O–H groups in total. The number of hydrogen-bond acceptors (Lipinski definition) is 6. The molecule has 38 heavy (non-hydrogen) atoms. The maximum Gasteiger partial charge on any atom is 0.260 e. The molecule has 0 spiro atoms. The molecule has 2 aliphatic rings. The molecule has 6 nitrogen and oxygen atoms in total. The Hall–Kier alpha value is -3.16. The number of nitrogens with zero attached hydrogens (tertiary/aromatic N) is 4. The quantitative estimate of drug-likeness (QED) is 0.280. The summed E-state index contributed by atoms with van der Waals surface area (Å²) in [5.41, 5.74) is 2.67. The van der Waals surface area contributed by atoms with Gasteiger partial charge in [0.05, 0.1) is 5.39 Å². The van der Waals surface area contributed by atoms with Gasteiger partial charge in [0.2, 0.25) is 0 Å². The van der Waals surface area contributed by atoms with Gasteiger partial charge >= 0.3 is 0 Å². The molecule has 1 aliphatic heterocycles. The summed E-state index contributed by atoms with van der Waals surface area (Å²) in [6.07, 6.45) is 6.71. The van der Waals surface area contributed by atoms with Crippen LogP contribution in [0.25, 0.3) is 10.2 Å². The zero-order valence-electron chi connectivity index (χ0n) is 21.4. The molecular weight excluding hydrogens is 516 g/mol. The van der Waals surface area contributed by atoms with E-state index in [0.29, 0.717) is 30.3 Å². The molecule has 1 saturated heterocycles. The van der Waals surface area contributed by atoms with Crippen molar-refractivity contribution in [3.8, 4) is 5.75 Å². The molecule has 2 aromatic heterocycles. The molecule has 1 fully saturated rings. The van der Waals surface area contributed by atoms with Gasteiger partial charge in [0, 0.05) is 42.5 Å². The van der Waals surface area contributed by atoms with Crippen molar-refractivity contribution >= 4 is 44.9 Å². The van der Waals surface area contributed by atoms with Gasteiger partial charge in [-0.1, -0.05) is 48.4 Å². The van der Waals surface area contributed by atoms with Crippen LogP contribution in [0.15, 0.2) is 54.6 Å². The number of benzene rings is 2. The van der Waals surface area contributed by atoms with Crippen molar-refractivity contribution in [2.45, 2.75) is 38.5 Å². The van der Waals surface area contributed by atoms with Crippen LogP contribution in [0.2, 0.25) is 5.02 Å². The summed E-state index contributed by atoms with van der Waals surface area (Å²) in [5.74, 6) is 2.56. The molecule has 0 atom stereocenters. The van der Waals surface area contributed by atoms with Crippen LogP contribution in [-0.4, -0.2) is 53.6 Å². The molecule has 2 aromatic carbocycles. The van der Waals surface area contributed by atoms with Gasteiger partial charge in [0.15, 0.2) is 6.61 Å². The second kappa shape index (κ2) is 11.3. The van der Waals surface area contributed by atoms with Crippen LogP contribution in [-0.2, 0) is 24.1 Å². The number of rotatable bonds is 6. The molecule has 6 rings (SSSR count). The summed E-state index contributed by atoms with van der Waals surface area (Å²) in [7, 11) is 0. The Balaban J connectivity index is 1.22. The summed E-state index contributed by atoms with van der Waals surface area (Å²) in [4.78, 5) is 29.9. The fourth-order valence-electron chi connectivity index (χ4n) is 5.38. The van der Waals surface area contributed by atoms with Gasteiger partial charge < -0.3 is 14.5 Å². The van der Waals surface area contributed by atoms with Crippen molar-refractivity contribution in [3.63, 3.8) is 0 Å². The standard InChI is InChI=1S/C30H31ClN4O2S/c31-22-11-13-23(14-12-22)37-20-27(36)34-15-17-35(18-16-34)29-28-24-9-5-2-6-10-25(24)38-30(28)33-26(32-29)19-21-7-3-1-4-8-21/h1,3-4,7-8,11-14H,2,5-6,9-10,15-20H2. The van der Waals surface area contributed by atoms with Crippen molar-refractivity contribution in [1.29, 1.82) is 0 Å². The van der Waals surface area contributed by atoms with E-state index in [0.717, 1.165) is 42.4 Å². The number of hydrogen-bond donors (Lipinski definition) is 0. The molecule has 0 bridgehead atoms. The highest BCUT2D eigenvalue weighted by molar-refractivity contribution is 7.19. The Kier molecular flexibility index (Phi) is 7.47. The van der Waals surface area contributed by atoms with E-state index in [1.165, 1.54) is 40.7 Å². The second-order valence-electron chi connectivity index (χ2n) is 9.98. The Labute approximate surface area is 232 Å². The van der Waals surface area contributed by atoms with E-state index in [9.17, 15) is 4.79 Å². The first-order chi connectivity index (χ1) is 18.6. The summed E-state index contributed by atoms with van der Waals surface area (Å²) < 4.78 is 5.70. The maximum absolute atomic E-state index is 12.9. The minimum atomic E-state index is 0.00148. The van der Waals surface area contributed by atoms with Gasteiger partial charge in [-0.05, 0) is 61.1 Å². The lowest BCUT2D eigenvalue weighted by molar-refractivity contribution is -0.133. The average molecular weight is 547 g/mol. The van der Waals surface area contributed by atoms with E-state index in [2.05, 4.69) is 29.2 Å². The van der Waals surface area contributed by atoms with Crippen LogP contribution in [0.5, 0.6) is 5.75 Å². The van der Waals surface area contributed by atoms with Gasteiger partial charge in [-0.2, -0.15) is 0 Å². The van der Waals surface area contributed by atoms with Crippen molar-refractivity contribution < 1.29 is 9.53 Å². The summed E-state index contributed by atoms with van der Waals surface area (Å²) in [6.45, 7) is 2.81. The number of carbonyl (C=O) groups excluding carboxylic acids is 1. The predicted molar refractivity (Wildman–Crippen MR) is 154 cm³/mol. The van der Waals surface area contributed by atoms with E-state index in [4.69, 9.17) is 26.3 Å². The van der Waals surface area contributed by atoms with E-state index < -0.39 is 0 Å². The first kappa shape index (κ1) is 25.1. The van der Waals surface area contributed by atoms with E-state index in [-0.39, 0.29) is 12.5 Å². The number of fused-ring (bicyclic) bond motifs is 3. The maximum atomic E-state index is 12.9. The largest absolute Gasteiger partial charge is 0.484 e. The van der Waals surface area contributed by atoms with Gasteiger partial charge in [-0.15, -0.1) is 11.3 Å². The highest BCUT2D eigenvalue weighted by Gasteiger charge is 2.27. The van der Waals surface area contributed by atoms with Crippen LogP contribution in [0.3, 0.4) is 0 Å². The molecule has 4 aromatic rings. The van der Waals surface area contributed by atoms with Crippen molar-refractivity contribution in [2.24, 2.45) is 0 Å². The number of ether oxygens (including phenoxy) is 1. The Morgan fingerprint density at radius 1 is 0.921 bits per heavy atom. The average Bonchev–Trinajstić information content (AvgIpc) is 3.13. The molecule has 3 heterocycles. The molecule has 1 aliphatic carbocycles. The predicted octanol–water partition coefficient (Wildman–Crippen LogP) is 5.93. The van der Waals surface area contributed by atoms with Crippen LogP contribution >= 0.6 is 22.9 Å². The molecular formula is C30H31ClN4O2S. The van der Waals surface area contributed by atoms with E-state index in [1.54, 1.807) is 24.3 Å². The van der Waals surface area contributed by atoms with Gasteiger partial charge in [0.25, 0.3) is 5.91 Å². The number of aromatic nitrogens is 2. The van der Waals surface area contributed by atoms with Crippen molar-refractivity contribution in [2.75, 3.05) is 37.7 Å². The molecule has 0 saturated carbocycles. The van der Waals surface area contributed by atoms with E-state index >= 15 is 0 Å². The number of thiophene rings is 1. The number of piperazine rings is 1. The third kappa shape index (κ3) is 5.49. The van der Waals surface area contributed by atoms with Crippen molar-refractivity contribution in [1.82, 2.24) is 14.9 Å². The molecule has 0 radical (unpaired) electrons. The normalized spacial score (nSPS) is 15.8. The third-order valence-electron chi connectivity index (χ3n) is 7.40. The Bertz CT molecular complexity index is 1420. The lowest BCUT2D eigenvalue weighted by Crippen LogP contribution is -2.50. The second-order valence-corrected chi connectivity index (χ2v) is 11.5. The molecule has 8 heteroatoms. The van der Waals surface area contributed by atoms with Crippen LogP contribution in [0.1, 0.15) is 41.1 Å². The smallest absolute Gasteiger partial charge is 0.260 e. The number of halogens is 1. The first-order valence-corrected chi connectivity index (χ1v) is 14.6. The van der Waals surface area contributed by atoms with Crippen molar-refractivity contribution in [3.05, 3.63) is 81.4 Å². The van der Waals surface area contributed by atoms with Gasteiger partial charge in [-0.25, -0.2) is 9.97 Å². The Morgan fingerprint density at radius 2 is 1.68 bits per heavy atom. The topological polar surface area (TPSA) is 58.6 Å². The summed E-state index contributed by atoms with van der Waals surface area (Å²) in [5, 5.41) is 1.89. The third-order valence-corrected chi connectivity index (χ3v) is 8.84. The highest BCUT2D eigenvalue weighted by atomic mass is 35.5. The fraction of sp³-hybridized carbons (Fsp3) is 0.367. The lowest BCUT2D eigenvalue weighted by atomic mass is 10.1. The zero-order chi connectivity index (χ0) is 25.9. The van der Waals surface area contributed by atoms with E-state index in [1.807, 2.05) is 22.3 Å². The summed E-state index contributed by atoms with van der Waals surface area (Å²) in [6, 6.07) is 17.5. The first-order valence-electron chi connectivity index (χ1n) is 13.4. The van der Waals surface area contributed by atoms with Crippen LogP contribution < -0.4 is 9.64 Å². The lowest BCUT2D eigenvalue weighted by Gasteiger charge is -2.36. The SMILES string of the molecule is O=C(COc1ccc(Cl)cc1)N1CCN(c2nc(Cc3ccccc3)nc3sc4c(c23)CCCCC4)CC1. The monoisotopic (exact) mass is 546 g/mol. The van der Waals surface area contributed by atoms with Crippen LogP contribution in [0.4, 0.5) is 5.82 Å². The highest BCUT2D eigenvalue weighted by Crippen LogP contribution is 2.39. The molecule has 0 unspecified atom stereocenters. The summed E-state index contributed by atoms with van der Waals surface area (Å²) >= 11 is 7.80. The number of amides is 1. The minimum absolute atomic E-state index is 0.00148. The minimum Gasteiger partial charge on any atom is -0.484 e. The number of aryl methyl sites for hydroxylation is 2. The zero-order valence-corrected chi connectivity index (χ0v) is 22.9. The number of anilines is 1. The fourth-order valence-corrected chi connectivity index (χ4v) is 6.78. The number of carbonyl (C=O) groups is 1. The molecule has 196 valence electrons. The molecule has 1 amide bonds. The Morgan fingerprint density at radius 3 is 2.47 bits per heavy atom. The van der Waals surface area contributed by atoms with Gasteiger partial charge in [0.1, 0.15) is 22.2 Å². The van der Waals surface area contributed by atoms with Gasteiger partial charge in [-0.3, -0.25) is 4.79 Å². The van der Waals surface area contributed by atoms with Crippen LogP contribution in [0, 0.1) is 0 Å².